The Morgan fingerprint density at radius 2 is 1.77 bits per heavy atom. The van der Waals surface area contributed by atoms with E-state index < -0.39 is 32.3 Å². The number of halogens is 3. The van der Waals surface area contributed by atoms with E-state index in [1.807, 2.05) is 0 Å². The number of carboxylic acids is 1. The van der Waals surface area contributed by atoms with Crippen LogP contribution in [0.4, 0.5) is 13.2 Å². The van der Waals surface area contributed by atoms with Crippen molar-refractivity contribution in [2.75, 3.05) is 6.16 Å². The van der Waals surface area contributed by atoms with Gasteiger partial charge in [0.2, 0.25) is 0 Å². The molecule has 14 heteroatoms. The molecule has 0 bridgehead atoms. The number of carbonyl (C=O) groups is 1. The molecule has 1 aromatic heterocycles. The Morgan fingerprint density at radius 3 is 2.05 bits per heavy atom. The summed E-state index contributed by atoms with van der Waals surface area (Å²) in [5.41, 5.74) is 0. The van der Waals surface area contributed by atoms with Crippen LogP contribution in [0.3, 0.4) is 0 Å². The Morgan fingerprint density at radius 1 is 1.32 bits per heavy atom. The van der Waals surface area contributed by atoms with Gasteiger partial charge in [0, 0.05) is 6.20 Å². The van der Waals surface area contributed by atoms with Crippen LogP contribution in [-0.2, 0) is 25.5 Å². The summed E-state index contributed by atoms with van der Waals surface area (Å²) in [4.78, 5) is 44.3. The molecule has 10 nitrogen and oxygen atoms in total. The molecule has 126 valence electrons. The van der Waals surface area contributed by atoms with E-state index in [2.05, 4.69) is 10.3 Å². The molecular formula is C8H11F3N3O7P. The number of nitrogens with zero attached hydrogens (tertiary/aromatic N) is 3. The smallest absolute Gasteiger partial charge is 0.379 e. The number of rotatable bonds is 5. The topological polar surface area (TPSA) is 160 Å². The summed E-state index contributed by atoms with van der Waals surface area (Å²) in [6.45, 7) is -3.78. The number of hydrogen-bond acceptors (Lipinski definition) is 6. The van der Waals surface area contributed by atoms with Crippen LogP contribution in [0.25, 0.3) is 0 Å². The van der Waals surface area contributed by atoms with E-state index in [1.54, 1.807) is 0 Å². The van der Waals surface area contributed by atoms with Crippen molar-refractivity contribution in [3.8, 4) is 0 Å². The number of carboxylic acid groups (broad SMARTS) is 1. The minimum absolute atomic E-state index is 0.111. The molecule has 1 rings (SSSR count). The van der Waals surface area contributed by atoms with Crippen LogP contribution in [0.1, 0.15) is 0 Å². The lowest BCUT2D eigenvalue weighted by molar-refractivity contribution is -0.191. The average molecular weight is 349 g/mol. The molecule has 1 unspecified atom stereocenters. The number of carbonyl (C=O) groups excluding carboxylic acids is 2. The predicted molar refractivity (Wildman–Crippen MR) is 60.2 cm³/mol. The Hall–Kier alpha value is -2.07. The van der Waals surface area contributed by atoms with Gasteiger partial charge >= 0.3 is 26.4 Å². The second-order valence-electron chi connectivity index (χ2n) is 3.34. The summed E-state index contributed by atoms with van der Waals surface area (Å²) >= 11 is 0. The third-order valence-electron chi connectivity index (χ3n) is 1.69. The quantitative estimate of drug-likeness (QED) is 0.609. The summed E-state index contributed by atoms with van der Waals surface area (Å²) in [5, 5.41) is 15.7. The van der Waals surface area contributed by atoms with Crippen LogP contribution in [0.15, 0.2) is 12.4 Å². The maximum Gasteiger partial charge on any atom is 0.379 e. The van der Waals surface area contributed by atoms with Gasteiger partial charge in [0.05, 0.1) is 24.8 Å². The van der Waals surface area contributed by atoms with Crippen LogP contribution >= 0.6 is 7.60 Å². The van der Waals surface area contributed by atoms with Gasteiger partial charge in [0.1, 0.15) is 0 Å². The normalized spacial score (nSPS) is 11.4. The first-order valence-corrected chi connectivity index (χ1v) is 6.86. The molecule has 3 N–H and O–H groups in total. The zero-order valence-corrected chi connectivity index (χ0v) is 11.5. The summed E-state index contributed by atoms with van der Waals surface area (Å²) in [5.74, 6) is -2.44. The van der Waals surface area contributed by atoms with Crippen molar-refractivity contribution in [1.82, 2.24) is 15.0 Å². The van der Waals surface area contributed by atoms with Crippen molar-refractivity contribution < 1.29 is 47.0 Å². The van der Waals surface area contributed by atoms with Crippen LogP contribution in [-0.4, -0.2) is 54.8 Å². The third-order valence-corrected chi connectivity index (χ3v) is 2.60. The predicted octanol–water partition coefficient (Wildman–Crippen LogP) is -0.248. The van der Waals surface area contributed by atoms with Crippen LogP contribution in [0, 0.1) is 5.92 Å². The van der Waals surface area contributed by atoms with Gasteiger partial charge in [-0.1, -0.05) is 5.21 Å². The van der Waals surface area contributed by atoms with Crippen molar-refractivity contribution in [2.45, 2.75) is 13.2 Å². The summed E-state index contributed by atoms with van der Waals surface area (Å²) in [6.07, 6.45) is 2.33. The molecule has 1 heterocycles. The molecule has 22 heavy (non-hydrogen) atoms. The summed E-state index contributed by atoms with van der Waals surface area (Å²) in [7, 11) is -4.34. The van der Waals surface area contributed by atoms with E-state index in [-0.39, 0.29) is 12.7 Å². The first-order valence-electron chi connectivity index (χ1n) is 5.06. The lowest BCUT2D eigenvalue weighted by atomic mass is 10.2. The number of aromatic nitrogens is 3. The standard InChI is InChI=1S/C6H10N3O5P.CHF3.CO2/c10-6(11)5(4-15(12,13)14)3-9-2-1-7-8-9;2-1(3)4;2-1-3/h1-2,5H,3-4H2,(H,10,11)(H2,12,13,14);1H;. The maximum atomic E-state index is 10.7. The van der Waals surface area contributed by atoms with Gasteiger partial charge in [-0.15, -0.1) is 5.10 Å². The van der Waals surface area contributed by atoms with E-state index >= 15 is 0 Å². The Bertz CT molecular complexity index is 498. The Labute approximate surface area is 120 Å². The SMILES string of the molecule is FC(F)F.O=C(O)C(Cn1ccnn1)CP(=O)(O)O.O=C=O. The molecule has 0 amide bonds. The third kappa shape index (κ3) is 16.0. The molecule has 0 saturated heterocycles. The fourth-order valence-electron chi connectivity index (χ4n) is 1.06. The average Bonchev–Trinajstić information content (AvgIpc) is 2.79. The molecule has 0 aliphatic carbocycles. The molecule has 0 aliphatic rings. The molecule has 0 radical (unpaired) electrons. The Balaban J connectivity index is 0. The number of alkyl halides is 3. The molecular weight excluding hydrogens is 338 g/mol. The number of aliphatic carboxylic acids is 1. The zero-order valence-electron chi connectivity index (χ0n) is 10.6. The van der Waals surface area contributed by atoms with Gasteiger partial charge in [-0.3, -0.25) is 14.0 Å². The largest absolute Gasteiger partial charge is 0.481 e. The minimum atomic E-state index is -4.34. The lowest BCUT2D eigenvalue weighted by Gasteiger charge is -2.12. The van der Waals surface area contributed by atoms with Crippen molar-refractivity contribution >= 4 is 19.7 Å². The highest BCUT2D eigenvalue weighted by Crippen LogP contribution is 2.37. The first kappa shape index (κ1) is 22.2. The van der Waals surface area contributed by atoms with Gasteiger partial charge in [-0.05, 0) is 0 Å². The highest BCUT2D eigenvalue weighted by molar-refractivity contribution is 7.51. The molecule has 0 fully saturated rings. The van der Waals surface area contributed by atoms with Gasteiger partial charge < -0.3 is 14.9 Å². The fraction of sp³-hybridized carbons (Fsp3) is 0.500. The van der Waals surface area contributed by atoms with Gasteiger partial charge in [0.15, 0.2) is 0 Å². The van der Waals surface area contributed by atoms with Gasteiger partial charge in [0.25, 0.3) is 0 Å². The number of hydrogen-bond donors (Lipinski definition) is 3. The van der Waals surface area contributed by atoms with Crippen LogP contribution < -0.4 is 0 Å². The van der Waals surface area contributed by atoms with E-state index in [9.17, 15) is 22.5 Å². The van der Waals surface area contributed by atoms with Crippen molar-refractivity contribution in [2.24, 2.45) is 5.92 Å². The van der Waals surface area contributed by atoms with E-state index in [0.29, 0.717) is 0 Å². The van der Waals surface area contributed by atoms with Crippen molar-refractivity contribution in [3.05, 3.63) is 12.4 Å². The fourth-order valence-corrected chi connectivity index (χ4v) is 1.90. The van der Waals surface area contributed by atoms with E-state index in [4.69, 9.17) is 24.5 Å². The molecule has 0 aliphatic heterocycles. The van der Waals surface area contributed by atoms with E-state index in [0.717, 1.165) is 0 Å². The van der Waals surface area contributed by atoms with Gasteiger partial charge in [-0.2, -0.15) is 22.8 Å². The molecule has 1 atom stereocenters. The van der Waals surface area contributed by atoms with E-state index in [1.165, 1.54) is 17.1 Å². The van der Waals surface area contributed by atoms with Crippen molar-refractivity contribution in [3.63, 3.8) is 0 Å². The van der Waals surface area contributed by atoms with Crippen LogP contribution in [0.2, 0.25) is 0 Å². The highest BCUT2D eigenvalue weighted by atomic mass is 31.2. The minimum Gasteiger partial charge on any atom is -0.481 e. The summed E-state index contributed by atoms with van der Waals surface area (Å²) < 4.78 is 40.9. The van der Waals surface area contributed by atoms with Crippen LogP contribution in [0.5, 0.6) is 0 Å². The monoisotopic (exact) mass is 349 g/mol. The lowest BCUT2D eigenvalue weighted by Crippen LogP contribution is -2.24. The van der Waals surface area contributed by atoms with Gasteiger partial charge in [-0.25, -0.2) is 0 Å². The second kappa shape index (κ2) is 11.6. The molecule has 0 aromatic carbocycles. The second-order valence-corrected chi connectivity index (χ2v) is 5.03. The summed E-state index contributed by atoms with van der Waals surface area (Å²) in [6, 6.07) is 0. The highest BCUT2D eigenvalue weighted by Gasteiger charge is 2.27. The van der Waals surface area contributed by atoms with Crippen molar-refractivity contribution in [1.29, 1.82) is 0 Å². The molecule has 0 saturated carbocycles. The Kier molecular flexibility index (Phi) is 11.7. The maximum absolute atomic E-state index is 10.7. The first-order chi connectivity index (χ1) is 10.0. The zero-order chi connectivity index (χ0) is 17.8. The molecule has 1 aromatic rings. The molecule has 0 spiro atoms.